The predicted octanol–water partition coefficient (Wildman–Crippen LogP) is 0.537. The van der Waals surface area contributed by atoms with Crippen molar-refractivity contribution < 1.29 is 4.21 Å². The van der Waals surface area contributed by atoms with Gasteiger partial charge in [-0.15, -0.1) is 0 Å². The van der Waals surface area contributed by atoms with Crippen molar-refractivity contribution in [2.24, 2.45) is 4.40 Å². The summed E-state index contributed by atoms with van der Waals surface area (Å²) in [5, 5.41) is 0. The maximum Gasteiger partial charge on any atom is 0.174 e. The fourth-order valence-corrected chi connectivity index (χ4v) is 1.60. The van der Waals surface area contributed by atoms with Crippen molar-refractivity contribution in [2.75, 3.05) is 0 Å². The first kappa shape index (κ1) is 5.73. The summed E-state index contributed by atoms with van der Waals surface area (Å²) in [4.78, 5) is 4.54. The highest BCUT2D eigenvalue weighted by atomic mass is 32.2. The first-order valence-electron chi connectivity index (χ1n) is 2.78. The topological polar surface area (TPSA) is 42.3 Å². The Labute approximate surface area is 60.4 Å². The summed E-state index contributed by atoms with van der Waals surface area (Å²) >= 11 is 0. The molecule has 0 aromatic carbocycles. The Hall–Kier alpha value is -1.03. The summed E-state index contributed by atoms with van der Waals surface area (Å²) in [5.74, 6) is 0. The summed E-state index contributed by atoms with van der Waals surface area (Å²) in [6.45, 7) is 0. The second-order valence-electron chi connectivity index (χ2n) is 1.90. The van der Waals surface area contributed by atoms with Crippen molar-refractivity contribution in [2.45, 2.75) is 4.90 Å². The number of pyridine rings is 1. The molecule has 0 N–H and O–H groups in total. The number of nitrogens with zero attached hydrogens (tertiary/aromatic N) is 2. The summed E-state index contributed by atoms with van der Waals surface area (Å²) in [7, 11) is -1.19. The maximum absolute atomic E-state index is 10.9. The molecule has 0 saturated carbocycles. The van der Waals surface area contributed by atoms with Crippen LogP contribution in [0.1, 0.15) is 5.56 Å². The zero-order valence-electron chi connectivity index (χ0n) is 5.02. The molecule has 4 heteroatoms. The highest BCUT2D eigenvalue weighted by Gasteiger charge is 2.12. The van der Waals surface area contributed by atoms with Crippen molar-refractivity contribution in [1.82, 2.24) is 4.98 Å². The molecule has 50 valence electrons. The molecular formula is C6H4N2OS. The molecule has 0 aliphatic carbocycles. The predicted molar refractivity (Wildman–Crippen MR) is 38.2 cm³/mol. The number of hydrogen-bond acceptors (Lipinski definition) is 2. The fraction of sp³-hybridized carbons (Fsp3) is 0. The molecule has 0 bridgehead atoms. The van der Waals surface area contributed by atoms with Gasteiger partial charge in [0.25, 0.3) is 0 Å². The minimum absolute atomic E-state index is 0.711. The second kappa shape index (κ2) is 1.98. The van der Waals surface area contributed by atoms with E-state index in [1.807, 2.05) is 0 Å². The number of rotatable bonds is 0. The Morgan fingerprint density at radius 1 is 1.50 bits per heavy atom. The molecule has 3 nitrogen and oxygen atoms in total. The SMILES string of the molecule is O=S1N=Cc2ccncc21. The molecule has 1 aromatic rings. The molecule has 2 heterocycles. The molecule has 10 heavy (non-hydrogen) atoms. The van der Waals surface area contributed by atoms with Crippen LogP contribution in [0.4, 0.5) is 0 Å². The van der Waals surface area contributed by atoms with Crippen LogP contribution in [0.3, 0.4) is 0 Å². The Balaban J connectivity index is 2.70. The molecular weight excluding hydrogens is 148 g/mol. The molecule has 1 atom stereocenters. The summed E-state index contributed by atoms with van der Waals surface area (Å²) in [6.07, 6.45) is 4.85. The largest absolute Gasteiger partial charge is 0.263 e. The number of aromatic nitrogens is 1. The van der Waals surface area contributed by atoms with Gasteiger partial charge in [0, 0.05) is 24.2 Å². The fourth-order valence-electron chi connectivity index (χ4n) is 0.805. The van der Waals surface area contributed by atoms with E-state index in [1.54, 1.807) is 24.7 Å². The van der Waals surface area contributed by atoms with E-state index in [2.05, 4.69) is 9.38 Å². The van der Waals surface area contributed by atoms with Gasteiger partial charge >= 0.3 is 0 Å². The molecule has 1 aromatic heterocycles. The van der Waals surface area contributed by atoms with E-state index in [4.69, 9.17) is 0 Å². The minimum Gasteiger partial charge on any atom is -0.263 e. The first-order valence-corrected chi connectivity index (χ1v) is 3.88. The van der Waals surface area contributed by atoms with Gasteiger partial charge in [0.1, 0.15) is 0 Å². The van der Waals surface area contributed by atoms with Gasteiger partial charge in [0.2, 0.25) is 0 Å². The van der Waals surface area contributed by atoms with Crippen molar-refractivity contribution in [1.29, 1.82) is 0 Å². The molecule has 0 fully saturated rings. The molecule has 1 aliphatic heterocycles. The lowest BCUT2D eigenvalue weighted by molar-refractivity contribution is 0.685. The van der Waals surface area contributed by atoms with Crippen molar-refractivity contribution in [3.05, 3.63) is 24.0 Å². The van der Waals surface area contributed by atoms with Crippen LogP contribution >= 0.6 is 0 Å². The molecule has 0 amide bonds. The molecule has 1 unspecified atom stereocenters. The van der Waals surface area contributed by atoms with Crippen molar-refractivity contribution in [3.8, 4) is 0 Å². The Morgan fingerprint density at radius 2 is 2.40 bits per heavy atom. The van der Waals surface area contributed by atoms with Gasteiger partial charge in [-0.1, -0.05) is 0 Å². The van der Waals surface area contributed by atoms with Gasteiger partial charge in [0.15, 0.2) is 11.0 Å². The Bertz CT molecular complexity index is 321. The minimum atomic E-state index is -1.19. The summed E-state index contributed by atoms with van der Waals surface area (Å²) in [5.41, 5.74) is 0.910. The smallest absolute Gasteiger partial charge is 0.174 e. The highest BCUT2D eigenvalue weighted by molar-refractivity contribution is 7.84. The molecule has 1 aliphatic rings. The Kier molecular flexibility index (Phi) is 1.14. The molecule has 0 radical (unpaired) electrons. The number of fused-ring (bicyclic) bond motifs is 1. The zero-order chi connectivity index (χ0) is 6.97. The van der Waals surface area contributed by atoms with Crippen molar-refractivity contribution >= 4 is 17.2 Å². The van der Waals surface area contributed by atoms with E-state index in [-0.39, 0.29) is 0 Å². The zero-order valence-corrected chi connectivity index (χ0v) is 5.84. The molecule has 0 saturated heterocycles. The van der Waals surface area contributed by atoms with Crippen LogP contribution in [-0.2, 0) is 11.0 Å². The molecule has 0 spiro atoms. The first-order chi connectivity index (χ1) is 4.88. The van der Waals surface area contributed by atoms with Gasteiger partial charge < -0.3 is 0 Å². The Morgan fingerprint density at radius 3 is 3.20 bits per heavy atom. The van der Waals surface area contributed by atoms with E-state index in [9.17, 15) is 4.21 Å². The van der Waals surface area contributed by atoms with Crippen LogP contribution in [0.2, 0.25) is 0 Å². The van der Waals surface area contributed by atoms with Crippen LogP contribution in [0, 0.1) is 0 Å². The normalized spacial score (nSPS) is 21.0. The average Bonchev–Trinajstić information content (AvgIpc) is 2.34. The van der Waals surface area contributed by atoms with Crippen LogP contribution < -0.4 is 0 Å². The van der Waals surface area contributed by atoms with Crippen LogP contribution in [0.25, 0.3) is 0 Å². The van der Waals surface area contributed by atoms with Gasteiger partial charge in [0.05, 0.1) is 4.90 Å². The lowest BCUT2D eigenvalue weighted by Gasteiger charge is -1.89. The van der Waals surface area contributed by atoms with E-state index < -0.39 is 11.0 Å². The van der Waals surface area contributed by atoms with Gasteiger partial charge in [-0.05, 0) is 6.07 Å². The summed E-state index contributed by atoms with van der Waals surface area (Å²) < 4.78 is 14.6. The quantitative estimate of drug-likeness (QED) is 0.544. The molecule has 2 rings (SSSR count). The van der Waals surface area contributed by atoms with E-state index in [0.717, 1.165) is 5.56 Å². The van der Waals surface area contributed by atoms with E-state index >= 15 is 0 Å². The van der Waals surface area contributed by atoms with Crippen LogP contribution in [-0.4, -0.2) is 15.4 Å². The van der Waals surface area contributed by atoms with Crippen molar-refractivity contribution in [3.63, 3.8) is 0 Å². The van der Waals surface area contributed by atoms with Gasteiger partial charge in [-0.2, -0.15) is 4.40 Å². The lowest BCUT2D eigenvalue weighted by Crippen LogP contribution is -1.85. The third-order valence-electron chi connectivity index (χ3n) is 1.29. The monoisotopic (exact) mass is 152 g/mol. The standard InChI is InChI=1S/C6H4N2OS/c9-10-6-4-7-2-1-5(6)3-8-10/h1-4H. The van der Waals surface area contributed by atoms with Gasteiger partial charge in [-0.25, -0.2) is 4.21 Å². The summed E-state index contributed by atoms with van der Waals surface area (Å²) in [6, 6.07) is 1.80. The van der Waals surface area contributed by atoms with Gasteiger partial charge in [-0.3, -0.25) is 4.98 Å². The third kappa shape index (κ3) is 0.690. The van der Waals surface area contributed by atoms with Crippen LogP contribution in [0.15, 0.2) is 27.8 Å². The number of hydrogen-bond donors (Lipinski definition) is 0. The van der Waals surface area contributed by atoms with Crippen LogP contribution in [0.5, 0.6) is 0 Å². The van der Waals surface area contributed by atoms with E-state index in [0.29, 0.717) is 4.90 Å². The second-order valence-corrected chi connectivity index (χ2v) is 3.05. The lowest BCUT2D eigenvalue weighted by atomic mass is 10.3. The maximum atomic E-state index is 10.9. The van der Waals surface area contributed by atoms with E-state index in [1.165, 1.54) is 0 Å². The average molecular weight is 152 g/mol. The third-order valence-corrected chi connectivity index (χ3v) is 2.31. The highest BCUT2D eigenvalue weighted by Crippen LogP contribution is 2.16.